The van der Waals surface area contributed by atoms with Crippen molar-refractivity contribution in [1.82, 2.24) is 0 Å². The number of benzene rings is 1. The molecule has 0 radical (unpaired) electrons. The highest BCUT2D eigenvalue weighted by Gasteiger charge is 2.09. The zero-order valence-electron chi connectivity index (χ0n) is 8.87. The molecule has 0 atom stereocenters. The third-order valence-corrected chi connectivity index (χ3v) is 4.14. The summed E-state index contributed by atoms with van der Waals surface area (Å²) in [4.78, 5) is 0. The highest BCUT2D eigenvalue weighted by Crippen LogP contribution is 2.35. The van der Waals surface area contributed by atoms with E-state index in [0.29, 0.717) is 6.54 Å². The molecule has 0 spiro atoms. The summed E-state index contributed by atoms with van der Waals surface area (Å²) in [6.07, 6.45) is 0. The first-order valence-corrected chi connectivity index (χ1v) is 6.59. The topological polar surface area (TPSA) is 35.2 Å². The SMILES string of the molecule is COc1ccc(-c2cscc2Br)c(CN)c1. The van der Waals surface area contributed by atoms with Crippen molar-refractivity contribution in [2.45, 2.75) is 6.54 Å². The van der Waals surface area contributed by atoms with E-state index in [1.165, 1.54) is 5.56 Å². The smallest absolute Gasteiger partial charge is 0.119 e. The summed E-state index contributed by atoms with van der Waals surface area (Å²) >= 11 is 5.21. The molecule has 2 rings (SSSR count). The summed E-state index contributed by atoms with van der Waals surface area (Å²) in [5.41, 5.74) is 9.21. The summed E-state index contributed by atoms with van der Waals surface area (Å²) in [6.45, 7) is 0.509. The van der Waals surface area contributed by atoms with Crippen LogP contribution in [-0.2, 0) is 6.54 Å². The fraction of sp³-hybridized carbons (Fsp3) is 0.167. The molecule has 84 valence electrons. The molecule has 0 fully saturated rings. The normalized spacial score (nSPS) is 10.4. The molecule has 16 heavy (non-hydrogen) atoms. The van der Waals surface area contributed by atoms with Gasteiger partial charge in [-0.3, -0.25) is 0 Å². The molecular weight excluding hydrogens is 286 g/mol. The molecule has 0 aliphatic carbocycles. The van der Waals surface area contributed by atoms with Crippen molar-refractivity contribution in [2.24, 2.45) is 5.73 Å². The second-order valence-electron chi connectivity index (χ2n) is 3.36. The lowest BCUT2D eigenvalue weighted by Gasteiger charge is -2.09. The van der Waals surface area contributed by atoms with Crippen LogP contribution < -0.4 is 10.5 Å². The van der Waals surface area contributed by atoms with Gasteiger partial charge in [-0.1, -0.05) is 6.07 Å². The Morgan fingerprint density at radius 2 is 2.12 bits per heavy atom. The Hall–Kier alpha value is -0.840. The van der Waals surface area contributed by atoms with Crippen LogP contribution in [0.25, 0.3) is 11.1 Å². The minimum Gasteiger partial charge on any atom is -0.497 e. The second-order valence-corrected chi connectivity index (χ2v) is 4.96. The van der Waals surface area contributed by atoms with Crippen LogP contribution in [0.3, 0.4) is 0 Å². The highest BCUT2D eigenvalue weighted by molar-refractivity contribution is 9.10. The standard InChI is InChI=1S/C12H12BrNOS/c1-15-9-2-3-10(8(4-9)5-14)11-6-16-7-12(11)13/h2-4,6-7H,5,14H2,1H3. The monoisotopic (exact) mass is 297 g/mol. The predicted molar refractivity (Wildman–Crippen MR) is 71.9 cm³/mol. The average molecular weight is 298 g/mol. The molecule has 0 aliphatic heterocycles. The molecule has 2 N–H and O–H groups in total. The van der Waals surface area contributed by atoms with Gasteiger partial charge in [0.1, 0.15) is 5.75 Å². The summed E-state index contributed by atoms with van der Waals surface area (Å²) in [7, 11) is 1.66. The number of ether oxygens (including phenoxy) is 1. The predicted octanol–water partition coefficient (Wildman–Crippen LogP) is 3.64. The summed E-state index contributed by atoms with van der Waals surface area (Å²) in [5.74, 6) is 0.843. The molecule has 2 aromatic rings. The van der Waals surface area contributed by atoms with E-state index in [-0.39, 0.29) is 0 Å². The van der Waals surface area contributed by atoms with Crippen molar-refractivity contribution in [2.75, 3.05) is 7.11 Å². The van der Waals surface area contributed by atoms with Gasteiger partial charge in [0.25, 0.3) is 0 Å². The van der Waals surface area contributed by atoms with Crippen molar-refractivity contribution in [3.63, 3.8) is 0 Å². The number of rotatable bonds is 3. The lowest BCUT2D eigenvalue weighted by Crippen LogP contribution is -1.99. The minimum atomic E-state index is 0.509. The van der Waals surface area contributed by atoms with E-state index in [1.807, 2.05) is 18.2 Å². The summed E-state index contributed by atoms with van der Waals surface area (Å²) in [6, 6.07) is 5.99. The third-order valence-electron chi connectivity index (χ3n) is 2.44. The van der Waals surface area contributed by atoms with E-state index in [2.05, 4.69) is 26.7 Å². The molecule has 0 saturated carbocycles. The number of methoxy groups -OCH3 is 1. The van der Waals surface area contributed by atoms with E-state index < -0.39 is 0 Å². The molecule has 0 unspecified atom stereocenters. The van der Waals surface area contributed by atoms with Crippen LogP contribution in [0.1, 0.15) is 5.56 Å². The van der Waals surface area contributed by atoms with E-state index in [1.54, 1.807) is 18.4 Å². The van der Waals surface area contributed by atoms with Gasteiger partial charge < -0.3 is 10.5 Å². The number of thiophene rings is 1. The van der Waals surface area contributed by atoms with Gasteiger partial charge in [-0.25, -0.2) is 0 Å². The summed E-state index contributed by atoms with van der Waals surface area (Å²) in [5, 5.41) is 4.19. The van der Waals surface area contributed by atoms with Crippen LogP contribution in [-0.4, -0.2) is 7.11 Å². The van der Waals surface area contributed by atoms with Crippen molar-refractivity contribution in [1.29, 1.82) is 0 Å². The zero-order chi connectivity index (χ0) is 11.5. The Morgan fingerprint density at radius 3 is 2.69 bits per heavy atom. The quantitative estimate of drug-likeness (QED) is 0.939. The molecule has 1 aromatic carbocycles. The minimum absolute atomic E-state index is 0.509. The fourth-order valence-electron chi connectivity index (χ4n) is 1.60. The van der Waals surface area contributed by atoms with Gasteiger partial charge in [-0.2, -0.15) is 11.3 Å². The number of hydrogen-bond acceptors (Lipinski definition) is 3. The Kier molecular flexibility index (Phi) is 3.63. The number of halogens is 1. The molecule has 1 aromatic heterocycles. The Bertz CT molecular complexity index is 496. The molecule has 4 heteroatoms. The second kappa shape index (κ2) is 4.99. The van der Waals surface area contributed by atoms with Crippen LogP contribution in [0, 0.1) is 0 Å². The lowest BCUT2D eigenvalue weighted by molar-refractivity contribution is 0.414. The van der Waals surface area contributed by atoms with Gasteiger partial charge >= 0.3 is 0 Å². The van der Waals surface area contributed by atoms with E-state index in [9.17, 15) is 0 Å². The van der Waals surface area contributed by atoms with Gasteiger partial charge in [-0.05, 0) is 44.6 Å². The van der Waals surface area contributed by atoms with Crippen molar-refractivity contribution >= 4 is 27.3 Å². The first kappa shape index (κ1) is 11.6. The Morgan fingerprint density at radius 1 is 1.31 bits per heavy atom. The van der Waals surface area contributed by atoms with Crippen molar-refractivity contribution in [3.8, 4) is 16.9 Å². The van der Waals surface area contributed by atoms with Crippen LogP contribution in [0.15, 0.2) is 33.4 Å². The first-order valence-electron chi connectivity index (χ1n) is 4.85. The fourth-order valence-corrected chi connectivity index (χ4v) is 3.11. The molecule has 2 nitrogen and oxygen atoms in total. The maximum absolute atomic E-state index is 5.76. The van der Waals surface area contributed by atoms with Gasteiger partial charge in [-0.15, -0.1) is 0 Å². The van der Waals surface area contributed by atoms with E-state index >= 15 is 0 Å². The third kappa shape index (κ3) is 2.14. The summed E-state index contributed by atoms with van der Waals surface area (Å²) < 4.78 is 6.30. The lowest BCUT2D eigenvalue weighted by atomic mass is 10.0. The molecular formula is C12H12BrNOS. The Balaban J connectivity index is 2.53. The van der Waals surface area contributed by atoms with E-state index in [0.717, 1.165) is 21.3 Å². The van der Waals surface area contributed by atoms with Crippen molar-refractivity contribution in [3.05, 3.63) is 39.0 Å². The van der Waals surface area contributed by atoms with Crippen LogP contribution in [0.5, 0.6) is 5.75 Å². The molecule has 1 heterocycles. The first-order chi connectivity index (χ1) is 7.76. The largest absolute Gasteiger partial charge is 0.497 e. The van der Waals surface area contributed by atoms with Gasteiger partial charge in [0, 0.05) is 22.0 Å². The number of nitrogens with two attached hydrogens (primary N) is 1. The van der Waals surface area contributed by atoms with E-state index in [4.69, 9.17) is 10.5 Å². The highest BCUT2D eigenvalue weighted by atomic mass is 79.9. The maximum atomic E-state index is 5.76. The van der Waals surface area contributed by atoms with Gasteiger partial charge in [0.05, 0.1) is 7.11 Å². The van der Waals surface area contributed by atoms with Gasteiger partial charge in [0.2, 0.25) is 0 Å². The molecule has 0 amide bonds. The molecule has 0 aliphatic rings. The average Bonchev–Trinajstić information content (AvgIpc) is 2.74. The van der Waals surface area contributed by atoms with Crippen LogP contribution in [0.4, 0.5) is 0 Å². The zero-order valence-corrected chi connectivity index (χ0v) is 11.3. The van der Waals surface area contributed by atoms with Gasteiger partial charge in [0.15, 0.2) is 0 Å². The van der Waals surface area contributed by atoms with Crippen LogP contribution in [0.2, 0.25) is 0 Å². The molecule has 0 saturated heterocycles. The Labute approximate surface area is 107 Å². The maximum Gasteiger partial charge on any atom is 0.119 e. The molecule has 0 bridgehead atoms. The number of hydrogen-bond donors (Lipinski definition) is 1. The van der Waals surface area contributed by atoms with Crippen LogP contribution >= 0.6 is 27.3 Å². The van der Waals surface area contributed by atoms with Crippen molar-refractivity contribution < 1.29 is 4.74 Å².